The van der Waals surface area contributed by atoms with Crippen molar-refractivity contribution in [3.05, 3.63) is 0 Å². The fraction of sp³-hybridized carbons (Fsp3) is 0.800. The van der Waals surface area contributed by atoms with Gasteiger partial charge in [0.1, 0.15) is 6.54 Å². The van der Waals surface area contributed by atoms with Crippen molar-refractivity contribution in [3.8, 4) is 0 Å². The fourth-order valence-electron chi connectivity index (χ4n) is 0.815. The second-order valence-electron chi connectivity index (χ2n) is 4.30. The maximum absolute atomic E-state index is 10.7. The molecule has 0 unspecified atom stereocenters. The van der Waals surface area contributed by atoms with Crippen molar-refractivity contribution in [3.63, 3.8) is 0 Å². The first kappa shape index (κ1) is 12.1. The minimum absolute atomic E-state index is 0.0352. The van der Waals surface area contributed by atoms with E-state index in [-0.39, 0.29) is 12.5 Å². The molecule has 76 valence electrons. The summed E-state index contributed by atoms with van der Waals surface area (Å²) in [5, 5.41) is 2.52. The van der Waals surface area contributed by atoms with Crippen molar-refractivity contribution in [1.29, 1.82) is 0 Å². The lowest BCUT2D eigenvalue weighted by atomic mass is 9.91. The SMILES string of the molecule is CNC(=O)CN=CCCC(C)(C)C. The molecule has 1 N–H and O–H groups in total. The number of aliphatic imine (C=N–C) groups is 1. The van der Waals surface area contributed by atoms with E-state index in [0.29, 0.717) is 5.41 Å². The second kappa shape index (κ2) is 5.73. The first-order chi connectivity index (χ1) is 5.95. The predicted molar refractivity (Wildman–Crippen MR) is 56.1 cm³/mol. The summed E-state index contributed by atoms with van der Waals surface area (Å²) in [5.74, 6) is -0.0352. The Kier molecular flexibility index (Phi) is 5.35. The van der Waals surface area contributed by atoms with Crippen molar-refractivity contribution in [2.24, 2.45) is 10.4 Å². The lowest BCUT2D eigenvalue weighted by molar-refractivity contribution is -0.119. The van der Waals surface area contributed by atoms with Gasteiger partial charge in [-0.2, -0.15) is 0 Å². The standard InChI is InChI=1S/C10H20N2O/c1-10(2,3)6-5-7-12-8-9(13)11-4/h7H,5-6,8H2,1-4H3,(H,11,13). The molecule has 0 bridgehead atoms. The van der Waals surface area contributed by atoms with Gasteiger partial charge in [-0.1, -0.05) is 20.8 Å². The molecule has 0 saturated carbocycles. The van der Waals surface area contributed by atoms with E-state index in [2.05, 4.69) is 31.1 Å². The van der Waals surface area contributed by atoms with Crippen LogP contribution in [0, 0.1) is 5.41 Å². The first-order valence-electron chi connectivity index (χ1n) is 4.64. The quantitative estimate of drug-likeness (QED) is 0.663. The number of likely N-dealkylation sites (N-methyl/N-ethyl adjacent to an activating group) is 1. The van der Waals surface area contributed by atoms with Gasteiger partial charge < -0.3 is 5.32 Å². The highest BCUT2D eigenvalue weighted by molar-refractivity contribution is 5.79. The van der Waals surface area contributed by atoms with Gasteiger partial charge in [-0.05, 0) is 24.5 Å². The minimum Gasteiger partial charge on any atom is -0.358 e. The van der Waals surface area contributed by atoms with Crippen LogP contribution in [0.5, 0.6) is 0 Å². The molecule has 0 aliphatic heterocycles. The van der Waals surface area contributed by atoms with Crippen molar-refractivity contribution in [1.82, 2.24) is 5.32 Å². The molecule has 1 amide bonds. The average Bonchev–Trinajstić information content (AvgIpc) is 2.01. The Hall–Kier alpha value is -0.860. The summed E-state index contributed by atoms with van der Waals surface area (Å²) in [6, 6.07) is 0. The Bertz CT molecular complexity index is 180. The summed E-state index contributed by atoms with van der Waals surface area (Å²) >= 11 is 0. The number of nitrogens with zero attached hydrogens (tertiary/aromatic N) is 1. The maximum Gasteiger partial charge on any atom is 0.241 e. The molecule has 13 heavy (non-hydrogen) atoms. The topological polar surface area (TPSA) is 41.5 Å². The second-order valence-corrected chi connectivity index (χ2v) is 4.30. The Morgan fingerprint density at radius 1 is 1.46 bits per heavy atom. The molecule has 0 aromatic heterocycles. The van der Waals surface area contributed by atoms with E-state index in [1.807, 2.05) is 6.21 Å². The average molecular weight is 184 g/mol. The van der Waals surface area contributed by atoms with Crippen LogP contribution in [-0.4, -0.2) is 25.7 Å². The molecule has 0 saturated heterocycles. The Labute approximate surface area is 80.6 Å². The third kappa shape index (κ3) is 9.05. The van der Waals surface area contributed by atoms with E-state index < -0.39 is 0 Å². The molecule has 0 radical (unpaired) electrons. The normalized spacial score (nSPS) is 12.0. The van der Waals surface area contributed by atoms with Crippen LogP contribution in [0.3, 0.4) is 0 Å². The van der Waals surface area contributed by atoms with Crippen LogP contribution in [0.25, 0.3) is 0 Å². The fourth-order valence-corrected chi connectivity index (χ4v) is 0.815. The van der Waals surface area contributed by atoms with Crippen LogP contribution >= 0.6 is 0 Å². The summed E-state index contributed by atoms with van der Waals surface area (Å²) in [4.78, 5) is 14.8. The van der Waals surface area contributed by atoms with E-state index in [1.54, 1.807) is 7.05 Å². The zero-order chi connectivity index (χ0) is 10.3. The molecule has 0 aromatic carbocycles. The number of rotatable bonds is 4. The Balaban J connectivity index is 3.48. The van der Waals surface area contributed by atoms with E-state index in [9.17, 15) is 4.79 Å². The molecule has 0 aromatic rings. The smallest absolute Gasteiger partial charge is 0.241 e. The van der Waals surface area contributed by atoms with E-state index in [1.165, 1.54) is 0 Å². The highest BCUT2D eigenvalue weighted by Crippen LogP contribution is 2.19. The number of carbonyl (C=O) groups is 1. The van der Waals surface area contributed by atoms with Crippen LogP contribution in [-0.2, 0) is 4.79 Å². The highest BCUT2D eigenvalue weighted by atomic mass is 16.1. The van der Waals surface area contributed by atoms with Gasteiger partial charge in [-0.15, -0.1) is 0 Å². The number of amides is 1. The summed E-state index contributed by atoms with van der Waals surface area (Å²) in [7, 11) is 1.62. The lowest BCUT2D eigenvalue weighted by Crippen LogP contribution is -2.20. The number of carbonyl (C=O) groups excluding carboxylic acids is 1. The third-order valence-electron chi connectivity index (χ3n) is 1.67. The van der Waals surface area contributed by atoms with Gasteiger partial charge in [0.2, 0.25) is 5.91 Å². The molecule has 0 aliphatic rings. The number of nitrogens with one attached hydrogen (secondary N) is 1. The van der Waals surface area contributed by atoms with Crippen LogP contribution in [0.1, 0.15) is 33.6 Å². The molecular weight excluding hydrogens is 164 g/mol. The molecule has 3 nitrogen and oxygen atoms in total. The number of hydrogen-bond donors (Lipinski definition) is 1. The molecule has 0 spiro atoms. The van der Waals surface area contributed by atoms with Gasteiger partial charge in [0.25, 0.3) is 0 Å². The molecule has 3 heteroatoms. The van der Waals surface area contributed by atoms with Crippen molar-refractivity contribution in [2.45, 2.75) is 33.6 Å². The minimum atomic E-state index is -0.0352. The molecule has 0 rings (SSSR count). The van der Waals surface area contributed by atoms with Crippen LogP contribution < -0.4 is 5.32 Å². The van der Waals surface area contributed by atoms with Gasteiger partial charge in [-0.25, -0.2) is 0 Å². The van der Waals surface area contributed by atoms with E-state index >= 15 is 0 Å². The van der Waals surface area contributed by atoms with Crippen molar-refractivity contribution < 1.29 is 4.79 Å². The van der Waals surface area contributed by atoms with Gasteiger partial charge in [0.15, 0.2) is 0 Å². The molecule has 0 atom stereocenters. The van der Waals surface area contributed by atoms with Crippen LogP contribution in [0.2, 0.25) is 0 Å². The molecule has 0 heterocycles. The maximum atomic E-state index is 10.7. The van der Waals surface area contributed by atoms with Crippen molar-refractivity contribution in [2.75, 3.05) is 13.6 Å². The molecule has 0 aliphatic carbocycles. The Morgan fingerprint density at radius 3 is 2.54 bits per heavy atom. The van der Waals surface area contributed by atoms with Gasteiger partial charge >= 0.3 is 0 Å². The summed E-state index contributed by atoms with van der Waals surface area (Å²) in [5.41, 5.74) is 0.346. The summed E-state index contributed by atoms with van der Waals surface area (Å²) in [6.45, 7) is 6.83. The monoisotopic (exact) mass is 184 g/mol. The first-order valence-corrected chi connectivity index (χ1v) is 4.64. The lowest BCUT2D eigenvalue weighted by Gasteiger charge is -2.15. The van der Waals surface area contributed by atoms with Crippen molar-refractivity contribution >= 4 is 12.1 Å². The molecular formula is C10H20N2O. The van der Waals surface area contributed by atoms with Gasteiger partial charge in [0, 0.05) is 7.05 Å². The molecule has 0 fully saturated rings. The predicted octanol–water partition coefficient (Wildman–Crippen LogP) is 1.63. The highest BCUT2D eigenvalue weighted by Gasteiger charge is 2.07. The largest absolute Gasteiger partial charge is 0.358 e. The van der Waals surface area contributed by atoms with Crippen LogP contribution in [0.4, 0.5) is 0 Å². The number of hydrogen-bond acceptors (Lipinski definition) is 2. The zero-order valence-corrected chi connectivity index (χ0v) is 9.05. The summed E-state index contributed by atoms with van der Waals surface area (Å²) in [6.07, 6.45) is 3.88. The summed E-state index contributed by atoms with van der Waals surface area (Å²) < 4.78 is 0. The van der Waals surface area contributed by atoms with E-state index in [4.69, 9.17) is 0 Å². The van der Waals surface area contributed by atoms with Gasteiger partial charge in [-0.3, -0.25) is 9.79 Å². The zero-order valence-electron chi connectivity index (χ0n) is 9.05. The van der Waals surface area contributed by atoms with Gasteiger partial charge in [0.05, 0.1) is 0 Å². The van der Waals surface area contributed by atoms with E-state index in [0.717, 1.165) is 12.8 Å². The Morgan fingerprint density at radius 2 is 2.08 bits per heavy atom. The third-order valence-corrected chi connectivity index (χ3v) is 1.67. The van der Waals surface area contributed by atoms with Crippen LogP contribution in [0.15, 0.2) is 4.99 Å².